The van der Waals surface area contributed by atoms with Crippen LogP contribution in [-0.4, -0.2) is 42.8 Å². The van der Waals surface area contributed by atoms with Crippen molar-refractivity contribution in [2.24, 2.45) is 0 Å². The molecule has 1 fully saturated rings. The summed E-state index contributed by atoms with van der Waals surface area (Å²) in [5.41, 5.74) is 2.43. The van der Waals surface area contributed by atoms with E-state index in [1.54, 1.807) is 6.20 Å². The van der Waals surface area contributed by atoms with Crippen molar-refractivity contribution in [2.45, 2.75) is 12.6 Å². The van der Waals surface area contributed by atoms with Crippen LogP contribution in [0.2, 0.25) is 0 Å². The minimum absolute atomic E-state index is 0.102. The molecule has 2 aliphatic heterocycles. The molecule has 1 atom stereocenters. The van der Waals surface area contributed by atoms with Crippen molar-refractivity contribution in [3.8, 4) is 11.6 Å². The molecular weight excluding hydrogens is 292 g/mol. The highest BCUT2D eigenvalue weighted by Crippen LogP contribution is 2.33. The quantitative estimate of drug-likeness (QED) is 0.871. The van der Waals surface area contributed by atoms with Crippen molar-refractivity contribution < 1.29 is 14.2 Å². The maximum absolute atomic E-state index is 5.94. The minimum Gasteiger partial charge on any atom is -0.484 e. The zero-order valence-electron chi connectivity index (χ0n) is 13.0. The Morgan fingerprint density at radius 3 is 2.74 bits per heavy atom. The first-order chi connectivity index (χ1) is 11.4. The van der Waals surface area contributed by atoms with Crippen LogP contribution < -0.4 is 9.47 Å². The highest BCUT2D eigenvalue weighted by Gasteiger charge is 2.23. The number of pyridine rings is 1. The first-order valence-corrected chi connectivity index (χ1v) is 8.02. The van der Waals surface area contributed by atoms with Gasteiger partial charge in [0, 0.05) is 25.8 Å². The number of benzene rings is 1. The summed E-state index contributed by atoms with van der Waals surface area (Å²) in [5, 5.41) is 0. The normalized spacial score (nSPS) is 21.1. The molecule has 0 unspecified atom stereocenters. The molecule has 1 aromatic carbocycles. The first-order valence-electron chi connectivity index (χ1n) is 8.02. The molecule has 0 bridgehead atoms. The number of morpholine rings is 1. The van der Waals surface area contributed by atoms with Gasteiger partial charge in [0.15, 0.2) is 11.9 Å². The van der Waals surface area contributed by atoms with Crippen molar-refractivity contribution in [3.63, 3.8) is 0 Å². The summed E-state index contributed by atoms with van der Waals surface area (Å²) in [5.74, 6) is 1.29. The molecule has 2 aromatic rings. The van der Waals surface area contributed by atoms with E-state index in [1.807, 2.05) is 12.1 Å². The zero-order valence-corrected chi connectivity index (χ0v) is 13.0. The lowest BCUT2D eigenvalue weighted by Crippen LogP contribution is -2.35. The lowest BCUT2D eigenvalue weighted by atomic mass is 10.1. The van der Waals surface area contributed by atoms with E-state index >= 15 is 0 Å². The van der Waals surface area contributed by atoms with Crippen LogP contribution in [0, 0.1) is 0 Å². The molecule has 2 aliphatic rings. The fraction of sp³-hybridized carbons (Fsp3) is 0.389. The third-order valence-electron chi connectivity index (χ3n) is 4.24. The average Bonchev–Trinajstić information content (AvgIpc) is 2.63. The smallest absolute Gasteiger partial charge is 0.257 e. The van der Waals surface area contributed by atoms with Crippen LogP contribution >= 0.6 is 0 Å². The molecule has 1 aromatic heterocycles. The van der Waals surface area contributed by atoms with Gasteiger partial charge in [-0.1, -0.05) is 24.3 Å². The van der Waals surface area contributed by atoms with Gasteiger partial charge in [-0.2, -0.15) is 0 Å². The Balaban J connectivity index is 1.42. The molecule has 3 heterocycles. The molecule has 0 aliphatic carbocycles. The van der Waals surface area contributed by atoms with E-state index in [2.05, 4.69) is 34.1 Å². The Bertz CT molecular complexity index is 654. The van der Waals surface area contributed by atoms with Gasteiger partial charge in [-0.15, -0.1) is 0 Å². The van der Waals surface area contributed by atoms with Gasteiger partial charge >= 0.3 is 0 Å². The monoisotopic (exact) mass is 312 g/mol. The molecule has 120 valence electrons. The number of hydrogen-bond acceptors (Lipinski definition) is 5. The van der Waals surface area contributed by atoms with E-state index in [4.69, 9.17) is 14.2 Å². The maximum Gasteiger partial charge on any atom is 0.257 e. The van der Waals surface area contributed by atoms with Crippen LogP contribution in [0.25, 0.3) is 0 Å². The fourth-order valence-electron chi connectivity index (χ4n) is 2.93. The van der Waals surface area contributed by atoms with Crippen LogP contribution in [0.3, 0.4) is 0 Å². The van der Waals surface area contributed by atoms with Gasteiger partial charge < -0.3 is 14.2 Å². The predicted octanol–water partition coefficient (Wildman–Crippen LogP) is 2.43. The van der Waals surface area contributed by atoms with Crippen molar-refractivity contribution >= 4 is 0 Å². The van der Waals surface area contributed by atoms with E-state index < -0.39 is 0 Å². The van der Waals surface area contributed by atoms with E-state index in [0.717, 1.165) is 38.4 Å². The second-order valence-electron chi connectivity index (χ2n) is 5.85. The Hall–Kier alpha value is -2.11. The molecule has 0 radical (unpaired) electrons. The van der Waals surface area contributed by atoms with E-state index in [9.17, 15) is 0 Å². The van der Waals surface area contributed by atoms with Gasteiger partial charge in [0.1, 0.15) is 6.61 Å². The van der Waals surface area contributed by atoms with E-state index in [-0.39, 0.29) is 6.10 Å². The standard InChI is InChI=1S/C18H20N2O3/c1-2-16-18(19-7-1)23-17(13-22-16)15-5-3-14(4-6-15)12-20-8-10-21-11-9-20/h1-7,17H,8-13H2/t17-/m1/s1. The van der Waals surface area contributed by atoms with Crippen LogP contribution in [-0.2, 0) is 11.3 Å². The third kappa shape index (κ3) is 3.30. The number of nitrogens with zero attached hydrogens (tertiary/aromatic N) is 2. The molecule has 0 amide bonds. The molecule has 1 saturated heterocycles. The number of ether oxygens (including phenoxy) is 3. The Kier molecular flexibility index (Phi) is 4.13. The lowest BCUT2D eigenvalue weighted by molar-refractivity contribution is 0.0342. The summed E-state index contributed by atoms with van der Waals surface area (Å²) in [6.45, 7) is 5.15. The third-order valence-corrected chi connectivity index (χ3v) is 4.24. The number of rotatable bonds is 3. The summed E-state index contributed by atoms with van der Waals surface area (Å²) in [7, 11) is 0. The highest BCUT2D eigenvalue weighted by atomic mass is 16.6. The van der Waals surface area contributed by atoms with Crippen molar-refractivity contribution in [3.05, 3.63) is 53.7 Å². The minimum atomic E-state index is -0.102. The van der Waals surface area contributed by atoms with Gasteiger partial charge in [-0.3, -0.25) is 4.90 Å². The number of hydrogen-bond donors (Lipinski definition) is 0. The molecule has 0 spiro atoms. The van der Waals surface area contributed by atoms with E-state index in [1.165, 1.54) is 5.56 Å². The molecule has 0 saturated carbocycles. The van der Waals surface area contributed by atoms with E-state index in [0.29, 0.717) is 18.2 Å². The fourth-order valence-corrected chi connectivity index (χ4v) is 2.93. The largest absolute Gasteiger partial charge is 0.484 e. The Labute approximate surface area is 135 Å². The van der Waals surface area contributed by atoms with Crippen LogP contribution in [0.15, 0.2) is 42.6 Å². The Morgan fingerprint density at radius 1 is 1.09 bits per heavy atom. The van der Waals surface area contributed by atoms with Gasteiger partial charge in [0.2, 0.25) is 0 Å². The van der Waals surface area contributed by atoms with Crippen molar-refractivity contribution in [2.75, 3.05) is 32.9 Å². The molecular formula is C18H20N2O3. The second-order valence-corrected chi connectivity index (χ2v) is 5.85. The lowest BCUT2D eigenvalue weighted by Gasteiger charge is -2.27. The number of fused-ring (bicyclic) bond motifs is 1. The molecule has 5 nitrogen and oxygen atoms in total. The highest BCUT2D eigenvalue weighted by molar-refractivity contribution is 5.35. The van der Waals surface area contributed by atoms with Crippen LogP contribution in [0.5, 0.6) is 11.6 Å². The second kappa shape index (κ2) is 6.56. The van der Waals surface area contributed by atoms with Crippen LogP contribution in [0.1, 0.15) is 17.2 Å². The summed E-state index contributed by atoms with van der Waals surface area (Å²) in [6, 6.07) is 12.3. The van der Waals surface area contributed by atoms with Gasteiger partial charge in [0.05, 0.1) is 13.2 Å². The van der Waals surface area contributed by atoms with Crippen molar-refractivity contribution in [1.29, 1.82) is 0 Å². The van der Waals surface area contributed by atoms with Gasteiger partial charge in [-0.25, -0.2) is 4.98 Å². The first kappa shape index (κ1) is 14.5. The zero-order chi connectivity index (χ0) is 15.5. The van der Waals surface area contributed by atoms with Crippen molar-refractivity contribution in [1.82, 2.24) is 9.88 Å². The van der Waals surface area contributed by atoms with Gasteiger partial charge in [0.25, 0.3) is 5.88 Å². The predicted molar refractivity (Wildman–Crippen MR) is 85.6 cm³/mol. The maximum atomic E-state index is 5.94. The number of aromatic nitrogens is 1. The molecule has 23 heavy (non-hydrogen) atoms. The summed E-state index contributed by atoms with van der Waals surface area (Å²) < 4.78 is 17.1. The van der Waals surface area contributed by atoms with Gasteiger partial charge in [-0.05, 0) is 23.3 Å². The molecule has 5 heteroatoms. The Morgan fingerprint density at radius 2 is 1.91 bits per heavy atom. The molecule has 4 rings (SSSR count). The SMILES string of the molecule is c1cnc2c(c1)OC[C@H](c1ccc(CN3CCOCC3)cc1)O2. The summed E-state index contributed by atoms with van der Waals surface area (Å²) in [4.78, 5) is 6.64. The molecule has 0 N–H and O–H groups in total. The summed E-state index contributed by atoms with van der Waals surface area (Å²) in [6.07, 6.45) is 1.62. The van der Waals surface area contributed by atoms with Crippen LogP contribution in [0.4, 0.5) is 0 Å². The topological polar surface area (TPSA) is 43.8 Å². The average molecular weight is 312 g/mol. The summed E-state index contributed by atoms with van der Waals surface area (Å²) >= 11 is 0.